The fourth-order valence-corrected chi connectivity index (χ4v) is 6.03. The minimum absolute atomic E-state index is 0.199. The zero-order valence-electron chi connectivity index (χ0n) is 18.9. The molecule has 2 amide bonds. The maximum Gasteiger partial charge on any atom is 0.407 e. The first kappa shape index (κ1) is 24.4. The van der Waals surface area contributed by atoms with Crippen molar-refractivity contribution in [3.05, 3.63) is 44.5 Å². The van der Waals surface area contributed by atoms with Crippen molar-refractivity contribution in [3.63, 3.8) is 0 Å². The van der Waals surface area contributed by atoms with Crippen LogP contribution in [0.5, 0.6) is 0 Å². The normalized spacial score (nSPS) is 18.3. The molecule has 0 aromatic carbocycles. The van der Waals surface area contributed by atoms with E-state index in [-0.39, 0.29) is 11.8 Å². The molecule has 180 valence electrons. The summed E-state index contributed by atoms with van der Waals surface area (Å²) in [5.41, 5.74) is 2.53. The average molecular weight is 501 g/mol. The van der Waals surface area contributed by atoms with E-state index in [9.17, 15) is 14.9 Å². The molecule has 1 atom stereocenters. The van der Waals surface area contributed by atoms with Gasteiger partial charge in [0.1, 0.15) is 11.1 Å². The summed E-state index contributed by atoms with van der Waals surface area (Å²) in [6, 6.07) is 4.20. The number of ether oxygens (including phenoxy) is 2. The number of amides is 2. The van der Waals surface area contributed by atoms with Crippen LogP contribution in [0, 0.1) is 17.2 Å². The Morgan fingerprint density at radius 1 is 1.35 bits per heavy atom. The number of thiophene rings is 2. The van der Waals surface area contributed by atoms with Crippen LogP contribution in [0.4, 0.5) is 9.80 Å². The lowest BCUT2D eigenvalue weighted by molar-refractivity contribution is -0.111. The van der Waals surface area contributed by atoms with Crippen LogP contribution in [-0.4, -0.2) is 62.9 Å². The van der Waals surface area contributed by atoms with Crippen LogP contribution < -0.4 is 10.6 Å². The first-order chi connectivity index (χ1) is 16.6. The third kappa shape index (κ3) is 6.67. The third-order valence-corrected chi connectivity index (χ3v) is 7.81. The summed E-state index contributed by atoms with van der Waals surface area (Å²) in [5.74, 6) is -0.0559. The Morgan fingerprint density at radius 3 is 2.97 bits per heavy atom. The van der Waals surface area contributed by atoms with Gasteiger partial charge in [-0.3, -0.25) is 9.69 Å². The molecule has 8 nitrogen and oxygen atoms in total. The van der Waals surface area contributed by atoms with Gasteiger partial charge in [-0.25, -0.2) is 4.79 Å². The zero-order valence-corrected chi connectivity index (χ0v) is 20.5. The third-order valence-electron chi connectivity index (χ3n) is 5.94. The maximum atomic E-state index is 12.3. The highest BCUT2D eigenvalue weighted by atomic mass is 32.1. The van der Waals surface area contributed by atoms with Gasteiger partial charge in [0.25, 0.3) is 0 Å². The van der Waals surface area contributed by atoms with Crippen molar-refractivity contribution in [2.24, 2.45) is 5.92 Å². The van der Waals surface area contributed by atoms with Gasteiger partial charge in [-0.2, -0.15) is 16.6 Å². The molecule has 2 N–H and O–H groups in total. The molecule has 0 radical (unpaired) electrons. The van der Waals surface area contributed by atoms with Crippen molar-refractivity contribution in [2.45, 2.75) is 19.3 Å². The van der Waals surface area contributed by atoms with E-state index in [0.29, 0.717) is 23.7 Å². The molecule has 4 rings (SSSR count). The van der Waals surface area contributed by atoms with Crippen LogP contribution in [0.25, 0.3) is 6.08 Å². The minimum Gasteiger partial charge on any atom is -0.449 e. The molecule has 0 saturated carbocycles. The van der Waals surface area contributed by atoms with Gasteiger partial charge in [-0.15, -0.1) is 11.3 Å². The average Bonchev–Trinajstić information content (AvgIpc) is 3.49. The molecule has 1 aliphatic carbocycles. The second-order valence-corrected chi connectivity index (χ2v) is 10.2. The molecule has 1 fully saturated rings. The maximum absolute atomic E-state index is 12.3. The topological polar surface area (TPSA) is 104 Å². The quantitative estimate of drug-likeness (QED) is 0.538. The first-order valence-corrected chi connectivity index (χ1v) is 13.1. The summed E-state index contributed by atoms with van der Waals surface area (Å²) < 4.78 is 10.8. The van der Waals surface area contributed by atoms with Gasteiger partial charge in [0.05, 0.1) is 25.4 Å². The van der Waals surface area contributed by atoms with E-state index >= 15 is 0 Å². The van der Waals surface area contributed by atoms with Gasteiger partial charge in [0, 0.05) is 37.1 Å². The molecule has 34 heavy (non-hydrogen) atoms. The molecule has 2 aromatic heterocycles. The number of fused-ring (bicyclic) bond motifs is 1. The van der Waals surface area contributed by atoms with E-state index in [1.807, 2.05) is 16.8 Å². The summed E-state index contributed by atoms with van der Waals surface area (Å²) >= 11 is 3.02. The van der Waals surface area contributed by atoms with E-state index in [0.717, 1.165) is 68.1 Å². The molecule has 10 heteroatoms. The Morgan fingerprint density at radius 2 is 2.21 bits per heavy atom. The molecule has 2 aliphatic rings. The Hall–Kier alpha value is -2.71. The molecular weight excluding hydrogens is 472 g/mol. The van der Waals surface area contributed by atoms with Crippen molar-refractivity contribution in [1.29, 1.82) is 5.26 Å². The first-order valence-electron chi connectivity index (χ1n) is 11.4. The smallest absolute Gasteiger partial charge is 0.407 e. The van der Waals surface area contributed by atoms with Gasteiger partial charge in [-0.1, -0.05) is 0 Å². The van der Waals surface area contributed by atoms with Gasteiger partial charge >= 0.3 is 6.09 Å². The number of alkyl carbamates (subject to hydrolysis) is 1. The van der Waals surface area contributed by atoms with Crippen molar-refractivity contribution in [2.75, 3.05) is 51.3 Å². The number of carbonyl (C=O) groups is 2. The largest absolute Gasteiger partial charge is 0.449 e. The molecular formula is C24H28N4O4S2. The number of hydrogen-bond donors (Lipinski definition) is 2. The molecule has 0 bridgehead atoms. The fraction of sp³-hybridized carbons (Fsp3) is 0.458. The summed E-state index contributed by atoms with van der Waals surface area (Å²) in [6.07, 6.45) is 5.15. The van der Waals surface area contributed by atoms with Crippen molar-refractivity contribution in [3.8, 4) is 6.07 Å². The Balaban J connectivity index is 1.25. The second kappa shape index (κ2) is 12.1. The Kier molecular flexibility index (Phi) is 8.71. The van der Waals surface area contributed by atoms with Crippen LogP contribution in [0.15, 0.2) is 22.9 Å². The summed E-state index contributed by atoms with van der Waals surface area (Å²) in [6.45, 7) is 4.93. The number of nitriles is 1. The van der Waals surface area contributed by atoms with Crippen molar-refractivity contribution in [1.82, 2.24) is 10.2 Å². The Bertz CT molecular complexity index is 1050. The predicted molar refractivity (Wildman–Crippen MR) is 133 cm³/mol. The molecule has 1 aliphatic heterocycles. The lowest BCUT2D eigenvalue weighted by atomic mass is 9.88. The SMILES string of the molecule is N#Cc1c(NC(=O)/C=C/c2ccsc2)sc2c1CCC(COC(=O)NCCN1CCOCC1)C2. The molecule has 1 unspecified atom stereocenters. The van der Waals surface area contributed by atoms with Gasteiger partial charge in [0.15, 0.2) is 0 Å². The number of anilines is 1. The van der Waals surface area contributed by atoms with Crippen LogP contribution in [0.3, 0.4) is 0 Å². The number of hydrogen-bond acceptors (Lipinski definition) is 8. The lowest BCUT2D eigenvalue weighted by Gasteiger charge is -2.26. The van der Waals surface area contributed by atoms with Gasteiger partial charge in [-0.05, 0) is 59.2 Å². The zero-order chi connectivity index (χ0) is 23.8. The van der Waals surface area contributed by atoms with E-state index in [4.69, 9.17) is 9.47 Å². The molecule has 0 spiro atoms. The standard InChI is InChI=1S/C24H28N4O4S2/c25-14-20-19-3-1-18(15-32-24(30)26-6-7-28-8-10-31-11-9-28)13-21(19)34-23(20)27-22(29)4-2-17-5-12-33-16-17/h2,4-5,12,16,18H,1,3,6-11,13,15H2,(H,26,30)(H,27,29)/b4-2+. The van der Waals surface area contributed by atoms with Gasteiger partial charge < -0.3 is 20.1 Å². The summed E-state index contributed by atoms with van der Waals surface area (Å²) in [7, 11) is 0. The summed E-state index contributed by atoms with van der Waals surface area (Å²) in [5, 5.41) is 19.9. The van der Waals surface area contributed by atoms with E-state index in [1.54, 1.807) is 17.4 Å². The minimum atomic E-state index is -0.395. The molecule has 1 saturated heterocycles. The van der Waals surface area contributed by atoms with Gasteiger partial charge in [0.2, 0.25) is 5.91 Å². The van der Waals surface area contributed by atoms with E-state index in [1.165, 1.54) is 17.4 Å². The van der Waals surface area contributed by atoms with Crippen molar-refractivity contribution < 1.29 is 19.1 Å². The van der Waals surface area contributed by atoms with Crippen molar-refractivity contribution >= 4 is 45.8 Å². The van der Waals surface area contributed by atoms with Crippen LogP contribution in [0.1, 0.15) is 28.0 Å². The van der Waals surface area contributed by atoms with Crippen LogP contribution in [-0.2, 0) is 27.1 Å². The van der Waals surface area contributed by atoms with E-state index in [2.05, 4.69) is 21.6 Å². The number of carbonyl (C=O) groups excluding carboxylic acids is 2. The molecule has 3 heterocycles. The number of nitrogens with one attached hydrogen (secondary N) is 2. The second-order valence-electron chi connectivity index (χ2n) is 8.29. The number of nitrogens with zero attached hydrogens (tertiary/aromatic N) is 2. The number of morpholine rings is 1. The monoisotopic (exact) mass is 500 g/mol. The predicted octanol–water partition coefficient (Wildman–Crippen LogP) is 3.50. The Labute approximate surface area is 207 Å². The highest BCUT2D eigenvalue weighted by Crippen LogP contribution is 2.39. The van der Waals surface area contributed by atoms with E-state index < -0.39 is 6.09 Å². The fourth-order valence-electron chi connectivity index (χ4n) is 4.08. The molecule has 2 aromatic rings. The highest BCUT2D eigenvalue weighted by Gasteiger charge is 2.27. The highest BCUT2D eigenvalue weighted by molar-refractivity contribution is 7.16. The number of rotatable bonds is 8. The van der Waals surface area contributed by atoms with Crippen LogP contribution >= 0.6 is 22.7 Å². The van der Waals surface area contributed by atoms with Crippen LogP contribution in [0.2, 0.25) is 0 Å². The summed E-state index contributed by atoms with van der Waals surface area (Å²) in [4.78, 5) is 27.8. The lowest BCUT2D eigenvalue weighted by Crippen LogP contribution is -2.41.